The van der Waals surface area contributed by atoms with Crippen molar-refractivity contribution >= 4 is 23.3 Å². The number of anilines is 1. The highest BCUT2D eigenvalue weighted by molar-refractivity contribution is 6.33. The Bertz CT molecular complexity index is 1510. The van der Waals surface area contributed by atoms with Crippen LogP contribution in [0.4, 0.5) is 5.69 Å². The van der Waals surface area contributed by atoms with Crippen LogP contribution in [-0.2, 0) is 23.1 Å². The summed E-state index contributed by atoms with van der Waals surface area (Å²) >= 11 is 6.59. The van der Waals surface area contributed by atoms with E-state index in [1.807, 2.05) is 31.3 Å². The molecule has 208 valence electrons. The van der Waals surface area contributed by atoms with Gasteiger partial charge in [-0.15, -0.1) is 0 Å². The van der Waals surface area contributed by atoms with E-state index < -0.39 is 5.97 Å². The number of rotatable bonds is 8. The SMILES string of the molecule is COC(=O)c1cc(-c2cccc(N3CCC(OCc4c(-c5c(C)cccc5Cl)noc4C4CC4)CC3)c2)n(C)n1. The fourth-order valence-electron chi connectivity index (χ4n) is 5.54. The van der Waals surface area contributed by atoms with E-state index in [4.69, 9.17) is 25.6 Å². The first-order valence-electron chi connectivity index (χ1n) is 13.8. The molecule has 1 saturated carbocycles. The van der Waals surface area contributed by atoms with Gasteiger partial charge in [0.1, 0.15) is 11.5 Å². The Kier molecular flexibility index (Phi) is 7.38. The van der Waals surface area contributed by atoms with Gasteiger partial charge in [-0.2, -0.15) is 5.10 Å². The minimum Gasteiger partial charge on any atom is -0.464 e. The third kappa shape index (κ3) is 5.25. The number of carbonyl (C=O) groups is 1. The molecule has 2 aromatic carbocycles. The van der Waals surface area contributed by atoms with Crippen molar-refractivity contribution < 1.29 is 18.8 Å². The maximum Gasteiger partial charge on any atom is 0.358 e. The standard InChI is InChI=1S/C31H33ClN4O4/c1-19-6-4-9-25(32)28(19)29-24(30(40-34-29)20-10-11-20)18-39-23-12-14-36(15-13-23)22-8-5-7-21(16-22)27-17-26(31(37)38-3)33-35(27)2/h4-9,16-17,20,23H,10-15,18H2,1-3H3. The third-order valence-corrected chi connectivity index (χ3v) is 8.23. The number of aryl methyl sites for hydroxylation is 2. The van der Waals surface area contributed by atoms with Crippen LogP contribution in [0.15, 0.2) is 53.1 Å². The van der Waals surface area contributed by atoms with Gasteiger partial charge in [0.15, 0.2) is 5.69 Å². The summed E-state index contributed by atoms with van der Waals surface area (Å²) in [5.74, 6) is 0.943. The Morgan fingerprint density at radius 3 is 2.60 bits per heavy atom. The monoisotopic (exact) mass is 560 g/mol. The first-order chi connectivity index (χ1) is 19.4. The molecule has 1 saturated heterocycles. The summed E-state index contributed by atoms with van der Waals surface area (Å²) in [7, 11) is 3.20. The summed E-state index contributed by atoms with van der Waals surface area (Å²) in [5, 5.41) is 9.44. The maximum absolute atomic E-state index is 11.9. The highest BCUT2D eigenvalue weighted by Crippen LogP contribution is 2.45. The molecule has 0 spiro atoms. The molecular weight excluding hydrogens is 528 g/mol. The summed E-state index contributed by atoms with van der Waals surface area (Å²) in [5.41, 5.74) is 7.17. The Morgan fingerprint density at radius 1 is 1.10 bits per heavy atom. The van der Waals surface area contributed by atoms with Gasteiger partial charge in [-0.05, 0) is 62.4 Å². The number of esters is 1. The molecule has 0 bridgehead atoms. The van der Waals surface area contributed by atoms with E-state index in [1.54, 1.807) is 10.7 Å². The number of methoxy groups -OCH3 is 1. The van der Waals surface area contributed by atoms with E-state index >= 15 is 0 Å². The first-order valence-corrected chi connectivity index (χ1v) is 14.1. The molecule has 40 heavy (non-hydrogen) atoms. The second kappa shape index (κ2) is 11.1. The Hall–Kier alpha value is -3.62. The number of ether oxygens (including phenoxy) is 2. The van der Waals surface area contributed by atoms with E-state index in [-0.39, 0.29) is 6.10 Å². The second-order valence-corrected chi connectivity index (χ2v) is 11.1. The van der Waals surface area contributed by atoms with Crippen molar-refractivity contribution in [3.8, 4) is 22.5 Å². The number of benzene rings is 2. The Balaban J connectivity index is 1.13. The van der Waals surface area contributed by atoms with Crippen LogP contribution < -0.4 is 4.90 Å². The van der Waals surface area contributed by atoms with Crippen molar-refractivity contribution in [3.63, 3.8) is 0 Å². The predicted molar refractivity (Wildman–Crippen MR) is 154 cm³/mol. The molecule has 0 atom stereocenters. The van der Waals surface area contributed by atoms with Gasteiger partial charge in [0.2, 0.25) is 0 Å². The highest BCUT2D eigenvalue weighted by Gasteiger charge is 2.34. The predicted octanol–water partition coefficient (Wildman–Crippen LogP) is 6.55. The third-order valence-electron chi connectivity index (χ3n) is 7.91. The lowest BCUT2D eigenvalue weighted by Gasteiger charge is -2.33. The summed E-state index contributed by atoms with van der Waals surface area (Å²) in [6.07, 6.45) is 4.26. The minimum absolute atomic E-state index is 0.154. The van der Waals surface area contributed by atoms with Gasteiger partial charge in [-0.1, -0.05) is 41.0 Å². The van der Waals surface area contributed by atoms with E-state index in [2.05, 4.69) is 40.3 Å². The number of halogens is 1. The molecule has 6 rings (SSSR count). The first kappa shape index (κ1) is 26.6. The normalized spacial score (nSPS) is 15.9. The fraction of sp³-hybridized carbons (Fsp3) is 0.387. The minimum atomic E-state index is -0.440. The Morgan fingerprint density at radius 2 is 1.88 bits per heavy atom. The van der Waals surface area contributed by atoms with Gasteiger partial charge in [0, 0.05) is 48.4 Å². The number of hydrogen-bond acceptors (Lipinski definition) is 7. The summed E-state index contributed by atoms with van der Waals surface area (Å²) < 4.78 is 18.9. The summed E-state index contributed by atoms with van der Waals surface area (Å²) in [4.78, 5) is 14.3. The highest BCUT2D eigenvalue weighted by atomic mass is 35.5. The largest absolute Gasteiger partial charge is 0.464 e. The second-order valence-electron chi connectivity index (χ2n) is 10.7. The van der Waals surface area contributed by atoms with Crippen molar-refractivity contribution in [1.82, 2.24) is 14.9 Å². The van der Waals surface area contributed by atoms with Crippen LogP contribution in [0.25, 0.3) is 22.5 Å². The van der Waals surface area contributed by atoms with Crippen LogP contribution in [0.2, 0.25) is 5.02 Å². The lowest BCUT2D eigenvalue weighted by Crippen LogP contribution is -2.37. The number of hydrogen-bond donors (Lipinski definition) is 0. The number of piperidine rings is 1. The van der Waals surface area contributed by atoms with Gasteiger partial charge < -0.3 is 18.9 Å². The molecule has 2 aliphatic rings. The molecule has 1 aliphatic carbocycles. The zero-order chi connectivity index (χ0) is 27.8. The smallest absolute Gasteiger partial charge is 0.358 e. The van der Waals surface area contributed by atoms with Crippen molar-refractivity contribution in [1.29, 1.82) is 0 Å². The Labute approximate surface area is 238 Å². The molecule has 8 nitrogen and oxygen atoms in total. The molecule has 0 radical (unpaired) electrons. The van der Waals surface area contributed by atoms with Crippen LogP contribution in [0.1, 0.15) is 59.0 Å². The summed E-state index contributed by atoms with van der Waals surface area (Å²) in [6, 6.07) is 16.0. The molecule has 3 heterocycles. The van der Waals surface area contributed by atoms with E-state index in [9.17, 15) is 4.79 Å². The van der Waals surface area contributed by atoms with Crippen LogP contribution in [0.5, 0.6) is 0 Å². The topological polar surface area (TPSA) is 82.6 Å². The molecule has 0 N–H and O–H groups in total. The van der Waals surface area contributed by atoms with Crippen molar-refractivity contribution in [2.45, 2.75) is 51.2 Å². The zero-order valence-electron chi connectivity index (χ0n) is 23.0. The van der Waals surface area contributed by atoms with Gasteiger partial charge >= 0.3 is 5.97 Å². The van der Waals surface area contributed by atoms with Crippen LogP contribution in [0.3, 0.4) is 0 Å². The number of aromatic nitrogens is 3. The van der Waals surface area contributed by atoms with Gasteiger partial charge in [-0.3, -0.25) is 4.68 Å². The van der Waals surface area contributed by atoms with E-state index in [0.29, 0.717) is 23.2 Å². The average Bonchev–Trinajstić information content (AvgIpc) is 3.62. The van der Waals surface area contributed by atoms with Crippen LogP contribution >= 0.6 is 11.6 Å². The molecule has 9 heteroatoms. The zero-order valence-corrected chi connectivity index (χ0v) is 23.8. The molecule has 2 aromatic heterocycles. The van der Waals surface area contributed by atoms with Crippen LogP contribution in [-0.4, -0.2) is 47.2 Å². The molecular formula is C31H33ClN4O4. The lowest BCUT2D eigenvalue weighted by molar-refractivity contribution is 0.0246. The number of carbonyl (C=O) groups excluding carboxylic acids is 1. The van der Waals surface area contributed by atoms with Crippen molar-refractivity contribution in [2.24, 2.45) is 7.05 Å². The molecule has 0 amide bonds. The van der Waals surface area contributed by atoms with Crippen molar-refractivity contribution in [2.75, 3.05) is 25.1 Å². The average molecular weight is 561 g/mol. The fourth-order valence-corrected chi connectivity index (χ4v) is 5.85. The van der Waals surface area contributed by atoms with Gasteiger partial charge in [0.25, 0.3) is 0 Å². The van der Waals surface area contributed by atoms with Gasteiger partial charge in [-0.25, -0.2) is 4.79 Å². The molecule has 2 fully saturated rings. The number of nitrogens with zero attached hydrogens (tertiary/aromatic N) is 4. The summed E-state index contributed by atoms with van der Waals surface area (Å²) in [6.45, 7) is 4.30. The molecule has 1 aliphatic heterocycles. The van der Waals surface area contributed by atoms with Gasteiger partial charge in [0.05, 0.1) is 30.5 Å². The maximum atomic E-state index is 11.9. The molecule has 0 unspecified atom stereocenters. The molecule has 4 aromatic rings. The van der Waals surface area contributed by atoms with Crippen LogP contribution in [0, 0.1) is 6.92 Å². The lowest BCUT2D eigenvalue weighted by atomic mass is 10.0. The van der Waals surface area contributed by atoms with E-state index in [0.717, 1.165) is 83.9 Å². The van der Waals surface area contributed by atoms with E-state index in [1.165, 1.54) is 7.11 Å². The quantitative estimate of drug-likeness (QED) is 0.226. The van der Waals surface area contributed by atoms with Crippen molar-refractivity contribution in [3.05, 3.63) is 76.1 Å².